The molecule has 0 aliphatic heterocycles. The monoisotopic (exact) mass is 269 g/mol. The highest BCUT2D eigenvalue weighted by molar-refractivity contribution is 7.10. The highest BCUT2D eigenvalue weighted by atomic mass is 32.1. The number of hydrogen-bond acceptors (Lipinski definition) is 5. The van der Waals surface area contributed by atoms with Crippen LogP contribution in [-0.4, -0.2) is 26.6 Å². The first-order valence-corrected chi connectivity index (χ1v) is 6.70. The lowest BCUT2D eigenvalue weighted by Crippen LogP contribution is -2.29. The first kappa shape index (κ1) is 12.9. The molecule has 0 aromatic carbocycles. The maximum atomic E-state index is 12.1. The number of carboxylic acids is 1. The van der Waals surface area contributed by atoms with Gasteiger partial charge in [-0.2, -0.15) is 0 Å². The molecule has 0 bridgehead atoms. The van der Waals surface area contributed by atoms with Crippen LogP contribution >= 0.6 is 11.5 Å². The molecule has 2 N–H and O–H groups in total. The van der Waals surface area contributed by atoms with E-state index in [-0.39, 0.29) is 5.91 Å². The lowest BCUT2D eigenvalue weighted by molar-refractivity contribution is -0.145. The van der Waals surface area contributed by atoms with Crippen molar-refractivity contribution in [2.75, 3.05) is 5.32 Å². The maximum Gasteiger partial charge on any atom is 0.307 e. The SMILES string of the molecule is CCC1C[C@H](C(=O)Nc2cnns2)[C@H](C(=O)O)C1. The second kappa shape index (κ2) is 5.43. The first-order valence-electron chi connectivity index (χ1n) is 5.92. The third-order valence-electron chi connectivity index (χ3n) is 3.50. The topological polar surface area (TPSA) is 92.2 Å². The Morgan fingerprint density at radius 2 is 2.22 bits per heavy atom. The molecule has 1 unspecified atom stereocenters. The summed E-state index contributed by atoms with van der Waals surface area (Å²) in [6.45, 7) is 2.02. The highest BCUT2D eigenvalue weighted by Crippen LogP contribution is 2.39. The number of nitrogens with zero attached hydrogens (tertiary/aromatic N) is 2. The quantitative estimate of drug-likeness (QED) is 0.866. The van der Waals surface area contributed by atoms with E-state index in [0.717, 1.165) is 18.0 Å². The molecule has 1 amide bonds. The van der Waals surface area contributed by atoms with Gasteiger partial charge in [-0.1, -0.05) is 17.8 Å². The summed E-state index contributed by atoms with van der Waals surface area (Å²) in [7, 11) is 0. The summed E-state index contributed by atoms with van der Waals surface area (Å²) in [5, 5.41) is 16.0. The lowest BCUT2D eigenvalue weighted by Gasteiger charge is -2.14. The molecule has 0 radical (unpaired) electrons. The second-order valence-corrected chi connectivity index (χ2v) is 5.35. The molecule has 98 valence electrons. The van der Waals surface area contributed by atoms with Crippen molar-refractivity contribution in [2.45, 2.75) is 26.2 Å². The van der Waals surface area contributed by atoms with Crippen LogP contribution in [0.5, 0.6) is 0 Å². The first-order chi connectivity index (χ1) is 8.61. The maximum absolute atomic E-state index is 12.1. The van der Waals surface area contributed by atoms with Crippen LogP contribution < -0.4 is 5.32 Å². The Morgan fingerprint density at radius 1 is 1.50 bits per heavy atom. The van der Waals surface area contributed by atoms with Gasteiger partial charge in [-0.15, -0.1) is 5.10 Å². The van der Waals surface area contributed by atoms with Gasteiger partial charge in [0.1, 0.15) is 5.00 Å². The number of aliphatic carboxylic acids is 1. The van der Waals surface area contributed by atoms with E-state index in [1.165, 1.54) is 6.20 Å². The largest absolute Gasteiger partial charge is 0.481 e. The number of amides is 1. The van der Waals surface area contributed by atoms with E-state index in [9.17, 15) is 9.59 Å². The van der Waals surface area contributed by atoms with Gasteiger partial charge in [0.2, 0.25) is 5.91 Å². The lowest BCUT2D eigenvalue weighted by atomic mass is 9.95. The van der Waals surface area contributed by atoms with Gasteiger partial charge < -0.3 is 10.4 Å². The van der Waals surface area contributed by atoms with Gasteiger partial charge in [0.05, 0.1) is 18.0 Å². The number of rotatable bonds is 4. The Bertz CT molecular complexity index is 435. The second-order valence-electron chi connectivity index (χ2n) is 4.57. The van der Waals surface area contributed by atoms with Crippen LogP contribution in [0.25, 0.3) is 0 Å². The van der Waals surface area contributed by atoms with Gasteiger partial charge in [0.25, 0.3) is 0 Å². The van der Waals surface area contributed by atoms with Crippen molar-refractivity contribution in [3.05, 3.63) is 6.20 Å². The van der Waals surface area contributed by atoms with Gasteiger partial charge in [0, 0.05) is 11.5 Å². The highest BCUT2D eigenvalue weighted by Gasteiger charge is 2.42. The number of carbonyl (C=O) groups is 2. The fourth-order valence-electron chi connectivity index (χ4n) is 2.48. The van der Waals surface area contributed by atoms with Crippen molar-refractivity contribution in [1.82, 2.24) is 9.59 Å². The number of carbonyl (C=O) groups excluding carboxylic acids is 1. The van der Waals surface area contributed by atoms with Crippen molar-refractivity contribution in [3.8, 4) is 0 Å². The normalized spacial score (nSPS) is 27.1. The molecule has 7 heteroatoms. The van der Waals surface area contributed by atoms with Gasteiger partial charge >= 0.3 is 5.97 Å². The fourth-order valence-corrected chi connectivity index (χ4v) is 2.90. The number of aromatic nitrogens is 2. The van der Waals surface area contributed by atoms with E-state index in [2.05, 4.69) is 14.9 Å². The van der Waals surface area contributed by atoms with E-state index in [4.69, 9.17) is 5.11 Å². The van der Waals surface area contributed by atoms with Crippen molar-refractivity contribution < 1.29 is 14.7 Å². The minimum Gasteiger partial charge on any atom is -0.481 e. The van der Waals surface area contributed by atoms with Crippen LogP contribution in [0, 0.1) is 17.8 Å². The number of nitrogens with one attached hydrogen (secondary N) is 1. The van der Waals surface area contributed by atoms with Gasteiger partial charge in [-0.25, -0.2) is 0 Å². The molecule has 1 aromatic rings. The van der Waals surface area contributed by atoms with E-state index >= 15 is 0 Å². The van der Waals surface area contributed by atoms with Crippen LogP contribution in [-0.2, 0) is 9.59 Å². The summed E-state index contributed by atoms with van der Waals surface area (Å²) in [5.74, 6) is -1.82. The molecular formula is C11H15N3O3S. The minimum atomic E-state index is -0.881. The molecule has 1 saturated carbocycles. The molecule has 18 heavy (non-hydrogen) atoms. The van der Waals surface area contributed by atoms with E-state index in [0.29, 0.717) is 23.8 Å². The molecular weight excluding hydrogens is 254 g/mol. The molecule has 2 rings (SSSR count). The van der Waals surface area contributed by atoms with Crippen LogP contribution in [0.4, 0.5) is 5.00 Å². The van der Waals surface area contributed by atoms with Gasteiger partial charge in [0.15, 0.2) is 0 Å². The van der Waals surface area contributed by atoms with Crippen LogP contribution in [0.1, 0.15) is 26.2 Å². The Labute approximate surface area is 109 Å². The Hall–Kier alpha value is -1.50. The number of hydrogen-bond donors (Lipinski definition) is 2. The van der Waals surface area contributed by atoms with Crippen molar-refractivity contribution in [2.24, 2.45) is 17.8 Å². The van der Waals surface area contributed by atoms with E-state index < -0.39 is 17.8 Å². The average Bonchev–Trinajstić information content (AvgIpc) is 2.96. The summed E-state index contributed by atoms with van der Waals surface area (Å²) in [4.78, 5) is 23.2. The summed E-state index contributed by atoms with van der Waals surface area (Å²) < 4.78 is 3.65. The predicted octanol–water partition coefficient (Wildman–Crippen LogP) is 1.61. The van der Waals surface area contributed by atoms with E-state index in [1.54, 1.807) is 0 Å². The summed E-state index contributed by atoms with van der Waals surface area (Å²) >= 11 is 1.09. The molecule has 0 saturated heterocycles. The molecule has 1 fully saturated rings. The van der Waals surface area contributed by atoms with Crippen LogP contribution in [0.2, 0.25) is 0 Å². The minimum absolute atomic E-state index is 0.232. The van der Waals surface area contributed by atoms with E-state index in [1.807, 2.05) is 6.92 Å². The molecule has 1 heterocycles. The molecule has 1 aromatic heterocycles. The summed E-state index contributed by atoms with van der Waals surface area (Å²) in [5.41, 5.74) is 0. The third kappa shape index (κ3) is 2.66. The summed E-state index contributed by atoms with van der Waals surface area (Å²) in [6, 6.07) is 0. The molecule has 0 spiro atoms. The number of carboxylic acid groups (broad SMARTS) is 1. The average molecular weight is 269 g/mol. The Kier molecular flexibility index (Phi) is 3.90. The molecule has 6 nitrogen and oxygen atoms in total. The zero-order valence-corrected chi connectivity index (χ0v) is 10.8. The standard InChI is InChI=1S/C11H15N3O3S/c1-2-6-3-7(8(4-6)11(16)17)10(15)13-9-5-12-14-18-9/h5-8H,2-4H2,1H3,(H,13,15)(H,16,17)/t6?,7-,8+/m0/s1. The molecule has 1 aliphatic rings. The predicted molar refractivity (Wildman–Crippen MR) is 66.2 cm³/mol. The molecule has 3 atom stereocenters. The smallest absolute Gasteiger partial charge is 0.307 e. The zero-order valence-electron chi connectivity index (χ0n) is 10.00. The fraction of sp³-hybridized carbons (Fsp3) is 0.636. The summed E-state index contributed by atoms with van der Waals surface area (Å²) in [6.07, 6.45) is 3.61. The molecule has 1 aliphatic carbocycles. The van der Waals surface area contributed by atoms with Crippen molar-refractivity contribution >= 4 is 28.4 Å². The number of anilines is 1. The Balaban J connectivity index is 2.05. The van der Waals surface area contributed by atoms with Crippen LogP contribution in [0.3, 0.4) is 0 Å². The van der Waals surface area contributed by atoms with Crippen molar-refractivity contribution in [1.29, 1.82) is 0 Å². The van der Waals surface area contributed by atoms with Gasteiger partial charge in [-0.3, -0.25) is 9.59 Å². The third-order valence-corrected chi connectivity index (χ3v) is 4.08. The zero-order chi connectivity index (χ0) is 13.1. The van der Waals surface area contributed by atoms with Crippen LogP contribution in [0.15, 0.2) is 6.20 Å². The Morgan fingerprint density at radius 3 is 2.78 bits per heavy atom. The van der Waals surface area contributed by atoms with Gasteiger partial charge in [-0.05, 0) is 18.8 Å². The van der Waals surface area contributed by atoms with Crippen molar-refractivity contribution in [3.63, 3.8) is 0 Å².